The Morgan fingerprint density at radius 1 is 1.31 bits per heavy atom. The summed E-state index contributed by atoms with van der Waals surface area (Å²) in [6.07, 6.45) is 5.92. The molecular formula is C11H10ClN. The molecular weight excluding hydrogens is 182 g/mol. The molecule has 0 saturated heterocycles. The monoisotopic (exact) mass is 191 g/mol. The van der Waals surface area contributed by atoms with Crippen molar-refractivity contribution < 1.29 is 0 Å². The van der Waals surface area contributed by atoms with Crippen molar-refractivity contribution in [2.24, 2.45) is 0 Å². The number of benzene rings is 1. The van der Waals surface area contributed by atoms with Gasteiger partial charge in [0.2, 0.25) is 0 Å². The number of rotatable bonds is 2. The van der Waals surface area contributed by atoms with Crippen LogP contribution in [-0.4, -0.2) is 10.9 Å². The fourth-order valence-electron chi connectivity index (χ4n) is 1.42. The Morgan fingerprint density at radius 2 is 2.23 bits per heavy atom. The van der Waals surface area contributed by atoms with Gasteiger partial charge >= 0.3 is 0 Å². The maximum atomic E-state index is 5.58. The number of hydrogen-bond donors (Lipinski definition) is 1. The minimum Gasteiger partial charge on any atom is -0.361 e. The lowest BCUT2D eigenvalue weighted by molar-refractivity contribution is 1.47. The van der Waals surface area contributed by atoms with Crippen LogP contribution in [0.1, 0.15) is 5.56 Å². The molecule has 1 aromatic heterocycles. The fourth-order valence-corrected chi connectivity index (χ4v) is 1.51. The van der Waals surface area contributed by atoms with Crippen LogP contribution in [0.25, 0.3) is 17.0 Å². The number of nitrogens with one attached hydrogen (secondary N) is 1. The lowest BCUT2D eigenvalue weighted by atomic mass is 10.1. The van der Waals surface area contributed by atoms with Gasteiger partial charge in [0.05, 0.1) is 5.52 Å². The summed E-state index contributed by atoms with van der Waals surface area (Å²) in [6, 6.07) is 8.27. The van der Waals surface area contributed by atoms with Crippen molar-refractivity contribution in [3.05, 3.63) is 42.1 Å². The SMILES string of the molecule is ClCC=Cc1cccc2cc[nH]c12. The van der Waals surface area contributed by atoms with Gasteiger partial charge in [-0.2, -0.15) is 0 Å². The normalized spacial score (nSPS) is 11.5. The summed E-state index contributed by atoms with van der Waals surface area (Å²) in [4.78, 5) is 3.20. The quantitative estimate of drug-likeness (QED) is 0.701. The number of aromatic amines is 1. The molecule has 0 aliphatic carbocycles. The predicted octanol–water partition coefficient (Wildman–Crippen LogP) is 3.42. The van der Waals surface area contributed by atoms with Gasteiger partial charge in [0.1, 0.15) is 0 Å². The Labute approximate surface area is 82.0 Å². The molecule has 1 nitrogen and oxygen atoms in total. The zero-order chi connectivity index (χ0) is 9.10. The van der Waals surface area contributed by atoms with Crippen LogP contribution in [-0.2, 0) is 0 Å². The first-order valence-corrected chi connectivity index (χ1v) is 4.74. The van der Waals surface area contributed by atoms with E-state index in [1.165, 1.54) is 16.5 Å². The Bertz CT molecular complexity index is 428. The van der Waals surface area contributed by atoms with Crippen LogP contribution in [0.4, 0.5) is 0 Å². The van der Waals surface area contributed by atoms with Crippen LogP contribution in [0.3, 0.4) is 0 Å². The van der Waals surface area contributed by atoms with Crippen molar-refractivity contribution in [3.63, 3.8) is 0 Å². The lowest BCUT2D eigenvalue weighted by Gasteiger charge is -1.95. The van der Waals surface area contributed by atoms with Crippen LogP contribution in [0, 0.1) is 0 Å². The van der Waals surface area contributed by atoms with Gasteiger partial charge in [-0.25, -0.2) is 0 Å². The number of H-pyrrole nitrogens is 1. The van der Waals surface area contributed by atoms with Crippen molar-refractivity contribution in [1.82, 2.24) is 4.98 Å². The smallest absolute Gasteiger partial charge is 0.0527 e. The summed E-state index contributed by atoms with van der Waals surface area (Å²) in [5.41, 5.74) is 2.35. The minimum absolute atomic E-state index is 0.553. The van der Waals surface area contributed by atoms with Crippen molar-refractivity contribution >= 4 is 28.6 Å². The van der Waals surface area contributed by atoms with E-state index in [9.17, 15) is 0 Å². The average molecular weight is 192 g/mol. The zero-order valence-electron chi connectivity index (χ0n) is 7.13. The maximum Gasteiger partial charge on any atom is 0.0527 e. The highest BCUT2D eigenvalue weighted by Gasteiger charge is 1.96. The second-order valence-electron chi connectivity index (χ2n) is 2.85. The molecule has 1 aromatic carbocycles. The van der Waals surface area contributed by atoms with Crippen LogP contribution >= 0.6 is 11.6 Å². The molecule has 0 radical (unpaired) electrons. The van der Waals surface area contributed by atoms with Gasteiger partial charge in [-0.1, -0.05) is 30.4 Å². The molecule has 0 spiro atoms. The molecule has 0 aliphatic rings. The zero-order valence-corrected chi connectivity index (χ0v) is 7.88. The number of hydrogen-bond acceptors (Lipinski definition) is 0. The molecule has 0 atom stereocenters. The van der Waals surface area contributed by atoms with Crippen LogP contribution < -0.4 is 0 Å². The number of allylic oxidation sites excluding steroid dienone is 1. The third kappa shape index (κ3) is 1.61. The predicted molar refractivity (Wildman–Crippen MR) is 58.1 cm³/mol. The van der Waals surface area contributed by atoms with Crippen molar-refractivity contribution in [3.8, 4) is 0 Å². The highest BCUT2D eigenvalue weighted by atomic mass is 35.5. The molecule has 0 saturated carbocycles. The molecule has 1 N–H and O–H groups in total. The molecule has 13 heavy (non-hydrogen) atoms. The molecule has 2 aromatic rings. The van der Waals surface area contributed by atoms with E-state index < -0.39 is 0 Å². The molecule has 0 amide bonds. The van der Waals surface area contributed by atoms with Gasteiger partial charge in [0.25, 0.3) is 0 Å². The van der Waals surface area contributed by atoms with E-state index in [1.54, 1.807) is 0 Å². The molecule has 66 valence electrons. The van der Waals surface area contributed by atoms with E-state index in [0.717, 1.165) is 0 Å². The van der Waals surface area contributed by atoms with Crippen LogP contribution in [0.5, 0.6) is 0 Å². The van der Waals surface area contributed by atoms with Crippen LogP contribution in [0.2, 0.25) is 0 Å². The van der Waals surface area contributed by atoms with E-state index in [1.807, 2.05) is 24.4 Å². The Balaban J connectivity index is 2.54. The standard InChI is InChI=1S/C11H10ClN/c12-7-2-5-9-3-1-4-10-6-8-13-11(9)10/h1-6,8,13H,7H2. The number of halogens is 1. The van der Waals surface area contributed by atoms with Crippen molar-refractivity contribution in [1.29, 1.82) is 0 Å². The Kier molecular flexibility index (Phi) is 2.37. The third-order valence-corrected chi connectivity index (χ3v) is 2.18. The highest BCUT2D eigenvalue weighted by Crippen LogP contribution is 2.17. The third-order valence-electron chi connectivity index (χ3n) is 2.01. The van der Waals surface area contributed by atoms with E-state index in [-0.39, 0.29) is 0 Å². The maximum absolute atomic E-state index is 5.58. The molecule has 1 heterocycles. The number of alkyl halides is 1. The van der Waals surface area contributed by atoms with E-state index in [2.05, 4.69) is 23.2 Å². The topological polar surface area (TPSA) is 15.8 Å². The molecule has 2 rings (SSSR count). The minimum atomic E-state index is 0.553. The van der Waals surface area contributed by atoms with Gasteiger partial charge in [0, 0.05) is 12.1 Å². The van der Waals surface area contributed by atoms with Gasteiger partial charge in [-0.15, -0.1) is 11.6 Å². The van der Waals surface area contributed by atoms with E-state index in [0.29, 0.717) is 5.88 Å². The number of para-hydroxylation sites is 1. The second kappa shape index (κ2) is 3.67. The summed E-state index contributed by atoms with van der Waals surface area (Å²) in [6.45, 7) is 0. The van der Waals surface area contributed by atoms with Gasteiger partial charge in [0.15, 0.2) is 0 Å². The van der Waals surface area contributed by atoms with E-state index >= 15 is 0 Å². The fraction of sp³-hybridized carbons (Fsp3) is 0.0909. The Morgan fingerprint density at radius 3 is 3.08 bits per heavy atom. The second-order valence-corrected chi connectivity index (χ2v) is 3.15. The Hall–Kier alpha value is -1.21. The first-order chi connectivity index (χ1) is 6.42. The molecule has 0 fully saturated rings. The summed E-state index contributed by atoms with van der Waals surface area (Å²) in [7, 11) is 0. The lowest BCUT2D eigenvalue weighted by Crippen LogP contribution is -1.75. The number of aromatic nitrogens is 1. The van der Waals surface area contributed by atoms with E-state index in [4.69, 9.17) is 11.6 Å². The molecule has 0 bridgehead atoms. The highest BCUT2D eigenvalue weighted by molar-refractivity contribution is 6.19. The van der Waals surface area contributed by atoms with Crippen LogP contribution in [0.15, 0.2) is 36.5 Å². The van der Waals surface area contributed by atoms with Crippen molar-refractivity contribution in [2.75, 3.05) is 5.88 Å². The largest absolute Gasteiger partial charge is 0.361 e. The number of fused-ring (bicyclic) bond motifs is 1. The molecule has 0 unspecified atom stereocenters. The summed E-state index contributed by atoms with van der Waals surface area (Å²) >= 11 is 5.58. The first-order valence-electron chi connectivity index (χ1n) is 4.20. The summed E-state index contributed by atoms with van der Waals surface area (Å²) in [5, 5.41) is 1.23. The van der Waals surface area contributed by atoms with Gasteiger partial charge in [-0.05, 0) is 17.0 Å². The molecule has 0 aliphatic heterocycles. The molecule has 2 heteroatoms. The summed E-state index contributed by atoms with van der Waals surface area (Å²) in [5.74, 6) is 0.553. The van der Waals surface area contributed by atoms with Gasteiger partial charge in [-0.3, -0.25) is 0 Å². The van der Waals surface area contributed by atoms with Crippen molar-refractivity contribution in [2.45, 2.75) is 0 Å². The average Bonchev–Trinajstić information content (AvgIpc) is 2.62. The summed E-state index contributed by atoms with van der Waals surface area (Å²) < 4.78 is 0. The van der Waals surface area contributed by atoms with Gasteiger partial charge < -0.3 is 4.98 Å². The first kappa shape index (κ1) is 8.39.